The zero-order valence-corrected chi connectivity index (χ0v) is 25.6. The standard InChI is InChI=1S/C32H47ClFN3O3/c1-6-8-28-21-27(35-32(39)26-9-11-30(34)29(33)20-26)19-22(2)37(28)15-13-25-10-12-31(24(4)23(25)3)40-18-7-14-36(5)16-17-38/h9-12,20,22,27-28,38H,6-8,13-19,21H2,1-5H3,(H,35,39). The van der Waals surface area contributed by atoms with Crippen molar-refractivity contribution in [2.75, 3.05) is 39.9 Å². The molecule has 0 bridgehead atoms. The molecule has 6 nitrogen and oxygen atoms in total. The van der Waals surface area contributed by atoms with E-state index < -0.39 is 5.82 Å². The van der Waals surface area contributed by atoms with Gasteiger partial charge in [0.1, 0.15) is 11.6 Å². The zero-order chi connectivity index (χ0) is 29.2. The average molecular weight is 576 g/mol. The molecule has 0 aliphatic carbocycles. The first kappa shape index (κ1) is 32.3. The molecule has 2 N–H and O–H groups in total. The fraction of sp³-hybridized carbons (Fsp3) is 0.594. The molecular weight excluding hydrogens is 529 g/mol. The van der Waals surface area contributed by atoms with Crippen LogP contribution in [-0.2, 0) is 6.42 Å². The molecule has 3 unspecified atom stereocenters. The van der Waals surface area contributed by atoms with E-state index in [4.69, 9.17) is 21.4 Å². The number of carbonyl (C=O) groups is 1. The summed E-state index contributed by atoms with van der Waals surface area (Å²) in [5, 5.41) is 12.2. The normalized spacial score (nSPS) is 19.7. The zero-order valence-electron chi connectivity index (χ0n) is 24.8. The summed E-state index contributed by atoms with van der Waals surface area (Å²) in [5.74, 6) is 0.227. The van der Waals surface area contributed by atoms with E-state index in [9.17, 15) is 9.18 Å². The van der Waals surface area contributed by atoms with E-state index in [1.54, 1.807) is 0 Å². The fourth-order valence-electron chi connectivity index (χ4n) is 5.84. The molecule has 1 amide bonds. The topological polar surface area (TPSA) is 65.0 Å². The van der Waals surface area contributed by atoms with Crippen LogP contribution >= 0.6 is 11.6 Å². The smallest absolute Gasteiger partial charge is 0.251 e. The molecule has 1 heterocycles. The van der Waals surface area contributed by atoms with Crippen LogP contribution < -0.4 is 10.1 Å². The lowest BCUT2D eigenvalue weighted by atomic mass is 9.88. The molecular formula is C32H47ClFN3O3. The first-order chi connectivity index (χ1) is 19.1. The lowest BCUT2D eigenvalue weighted by Gasteiger charge is -2.44. The van der Waals surface area contributed by atoms with Crippen LogP contribution in [0.4, 0.5) is 4.39 Å². The van der Waals surface area contributed by atoms with Crippen molar-refractivity contribution in [3.05, 3.63) is 63.4 Å². The number of aliphatic hydroxyl groups excluding tert-OH is 1. The summed E-state index contributed by atoms with van der Waals surface area (Å²) < 4.78 is 19.6. The summed E-state index contributed by atoms with van der Waals surface area (Å²) in [5.41, 5.74) is 4.22. The van der Waals surface area contributed by atoms with Gasteiger partial charge in [0.15, 0.2) is 0 Å². The van der Waals surface area contributed by atoms with Gasteiger partial charge in [-0.25, -0.2) is 4.39 Å². The molecule has 0 spiro atoms. The Hall–Kier alpha value is -2.19. The third-order valence-electron chi connectivity index (χ3n) is 8.27. The van der Waals surface area contributed by atoms with Gasteiger partial charge in [-0.2, -0.15) is 0 Å². The van der Waals surface area contributed by atoms with Gasteiger partial charge in [0.05, 0.1) is 18.2 Å². The molecule has 0 saturated carbocycles. The number of halogens is 2. The highest BCUT2D eigenvalue weighted by atomic mass is 35.5. The minimum atomic E-state index is -0.519. The number of hydrogen-bond acceptors (Lipinski definition) is 5. The Morgan fingerprint density at radius 3 is 2.67 bits per heavy atom. The fourth-order valence-corrected chi connectivity index (χ4v) is 6.02. The van der Waals surface area contributed by atoms with E-state index in [0.717, 1.165) is 57.4 Å². The number of carbonyl (C=O) groups excluding carboxylic acids is 1. The molecule has 8 heteroatoms. The SMILES string of the molecule is CCCC1CC(NC(=O)c2ccc(F)c(Cl)c2)CC(C)N1CCc1ccc(OCCCN(C)CCO)c(C)c1C. The monoisotopic (exact) mass is 575 g/mol. The first-order valence-corrected chi connectivity index (χ1v) is 15.0. The second-order valence-electron chi connectivity index (χ2n) is 11.3. The van der Waals surface area contributed by atoms with E-state index in [0.29, 0.717) is 30.8 Å². The number of amides is 1. The molecule has 3 rings (SSSR count). The van der Waals surface area contributed by atoms with Gasteiger partial charge in [-0.1, -0.05) is 31.0 Å². The molecule has 1 saturated heterocycles. The summed E-state index contributed by atoms with van der Waals surface area (Å²) in [7, 11) is 2.01. The maximum atomic E-state index is 13.5. The van der Waals surface area contributed by atoms with Gasteiger partial charge in [0.25, 0.3) is 5.91 Å². The predicted octanol–water partition coefficient (Wildman–Crippen LogP) is 5.78. The number of nitrogens with zero attached hydrogens (tertiary/aromatic N) is 2. The summed E-state index contributed by atoms with van der Waals surface area (Å²) in [4.78, 5) is 17.6. The Kier molecular flexibility index (Phi) is 12.7. The predicted molar refractivity (Wildman–Crippen MR) is 161 cm³/mol. The Balaban J connectivity index is 1.57. The molecule has 2 aromatic rings. The van der Waals surface area contributed by atoms with Crippen LogP contribution in [0.3, 0.4) is 0 Å². The van der Waals surface area contributed by atoms with Crippen LogP contribution in [0.15, 0.2) is 30.3 Å². The lowest BCUT2D eigenvalue weighted by molar-refractivity contribution is 0.0625. The van der Waals surface area contributed by atoms with E-state index in [-0.39, 0.29) is 23.6 Å². The summed E-state index contributed by atoms with van der Waals surface area (Å²) in [6.45, 7) is 12.2. The number of hydrogen-bond donors (Lipinski definition) is 2. The van der Waals surface area contributed by atoms with Crippen LogP contribution in [0, 0.1) is 19.7 Å². The van der Waals surface area contributed by atoms with E-state index >= 15 is 0 Å². The minimum Gasteiger partial charge on any atom is -0.493 e. The van der Waals surface area contributed by atoms with Crippen LogP contribution in [-0.4, -0.2) is 78.8 Å². The van der Waals surface area contributed by atoms with Gasteiger partial charge in [-0.15, -0.1) is 0 Å². The second-order valence-corrected chi connectivity index (χ2v) is 11.7. The van der Waals surface area contributed by atoms with Gasteiger partial charge in [-0.3, -0.25) is 9.69 Å². The molecule has 1 aliphatic rings. The number of ether oxygens (including phenoxy) is 1. The summed E-state index contributed by atoms with van der Waals surface area (Å²) in [6, 6.07) is 9.22. The van der Waals surface area contributed by atoms with Crippen molar-refractivity contribution >= 4 is 17.5 Å². The average Bonchev–Trinajstić information content (AvgIpc) is 2.91. The van der Waals surface area contributed by atoms with E-state index in [1.807, 2.05) is 7.05 Å². The molecule has 40 heavy (non-hydrogen) atoms. The Morgan fingerprint density at radius 2 is 1.98 bits per heavy atom. The van der Waals surface area contributed by atoms with Gasteiger partial charge in [0.2, 0.25) is 0 Å². The largest absolute Gasteiger partial charge is 0.493 e. The van der Waals surface area contributed by atoms with Gasteiger partial charge in [0, 0.05) is 43.3 Å². The minimum absolute atomic E-state index is 0.0353. The van der Waals surface area contributed by atoms with Crippen molar-refractivity contribution in [2.45, 2.75) is 84.3 Å². The van der Waals surface area contributed by atoms with Gasteiger partial charge in [-0.05, 0) is 101 Å². The first-order valence-electron chi connectivity index (χ1n) is 14.7. The second kappa shape index (κ2) is 15.7. The maximum Gasteiger partial charge on any atom is 0.251 e. The van der Waals surface area contributed by atoms with Crippen molar-refractivity contribution in [2.24, 2.45) is 0 Å². The Bertz CT molecular complexity index is 1120. The van der Waals surface area contributed by atoms with Crippen molar-refractivity contribution in [3.8, 4) is 5.75 Å². The highest BCUT2D eigenvalue weighted by molar-refractivity contribution is 6.31. The number of rotatable bonds is 14. The highest BCUT2D eigenvalue weighted by Gasteiger charge is 2.33. The Morgan fingerprint density at radius 1 is 1.20 bits per heavy atom. The highest BCUT2D eigenvalue weighted by Crippen LogP contribution is 2.29. The van der Waals surface area contributed by atoms with E-state index in [2.05, 4.69) is 54.9 Å². The number of likely N-dealkylation sites (N-methyl/N-ethyl adjacent to an activating group) is 1. The van der Waals surface area contributed by atoms with Crippen LogP contribution in [0.2, 0.25) is 5.02 Å². The molecule has 0 aromatic heterocycles. The van der Waals surface area contributed by atoms with Crippen LogP contribution in [0.1, 0.15) is 73.0 Å². The quantitative estimate of drug-likeness (QED) is 0.279. The molecule has 0 radical (unpaired) electrons. The van der Waals surface area contributed by atoms with Crippen LogP contribution in [0.5, 0.6) is 5.75 Å². The third-order valence-corrected chi connectivity index (χ3v) is 8.56. The number of benzene rings is 2. The third kappa shape index (κ3) is 8.90. The number of aliphatic hydroxyl groups is 1. The lowest BCUT2D eigenvalue weighted by Crippen LogP contribution is -2.54. The maximum absolute atomic E-state index is 13.5. The molecule has 1 aliphatic heterocycles. The summed E-state index contributed by atoms with van der Waals surface area (Å²) in [6.07, 6.45) is 5.83. The molecule has 3 atom stereocenters. The van der Waals surface area contributed by atoms with Gasteiger partial charge < -0.3 is 20.1 Å². The van der Waals surface area contributed by atoms with E-state index in [1.165, 1.54) is 34.9 Å². The summed E-state index contributed by atoms with van der Waals surface area (Å²) >= 11 is 5.89. The Labute approximate surface area is 244 Å². The van der Waals surface area contributed by atoms with Gasteiger partial charge >= 0.3 is 0 Å². The van der Waals surface area contributed by atoms with Crippen molar-refractivity contribution in [1.82, 2.24) is 15.1 Å². The van der Waals surface area contributed by atoms with Crippen molar-refractivity contribution < 1.29 is 19.0 Å². The number of nitrogens with one attached hydrogen (secondary N) is 1. The number of piperidine rings is 1. The van der Waals surface area contributed by atoms with Crippen LogP contribution in [0.25, 0.3) is 0 Å². The van der Waals surface area contributed by atoms with Crippen molar-refractivity contribution in [1.29, 1.82) is 0 Å². The molecule has 2 aromatic carbocycles. The number of likely N-dealkylation sites (tertiary alicyclic amines) is 1. The van der Waals surface area contributed by atoms with Crippen molar-refractivity contribution in [3.63, 3.8) is 0 Å². The molecule has 1 fully saturated rings. The molecule has 222 valence electrons.